The average molecular weight is 468 g/mol. The van der Waals surface area contributed by atoms with Crippen LogP contribution in [0.3, 0.4) is 0 Å². The second-order valence-corrected chi connectivity index (χ2v) is 9.46. The van der Waals surface area contributed by atoms with Crippen LogP contribution in [0.15, 0.2) is 47.6 Å². The number of hydrogen-bond acceptors (Lipinski definition) is 8. The highest BCUT2D eigenvalue weighted by atomic mass is 32.2. The zero-order chi connectivity index (χ0) is 24.0. The number of fused-ring (bicyclic) bond motifs is 1. The maximum absolute atomic E-state index is 12.8. The molecule has 1 heterocycles. The highest BCUT2D eigenvalue weighted by Crippen LogP contribution is 2.29. The van der Waals surface area contributed by atoms with Gasteiger partial charge in [-0.1, -0.05) is 12.1 Å². The number of aromatic nitrogens is 2. The number of carbonyl (C=O) groups is 1. The first-order chi connectivity index (χ1) is 15.7. The van der Waals surface area contributed by atoms with Gasteiger partial charge in [0.2, 0.25) is 0 Å². The van der Waals surface area contributed by atoms with Crippen LogP contribution < -0.4 is 14.8 Å². The Labute approximate surface area is 192 Å². The monoisotopic (exact) mass is 467 g/mol. The Hall–Kier alpha value is -3.84. The van der Waals surface area contributed by atoms with Crippen LogP contribution >= 0.6 is 0 Å². The highest BCUT2D eigenvalue weighted by Gasteiger charge is 2.14. The molecule has 0 fully saturated rings. The van der Waals surface area contributed by atoms with Crippen LogP contribution in [-0.4, -0.2) is 38.8 Å². The maximum Gasteiger partial charge on any atom is 0.418 e. The molecule has 1 atom stereocenters. The summed E-state index contributed by atoms with van der Waals surface area (Å²) in [6.07, 6.45) is 0.649. The van der Waals surface area contributed by atoms with E-state index in [2.05, 4.69) is 31.9 Å². The van der Waals surface area contributed by atoms with Crippen molar-refractivity contribution < 1.29 is 18.5 Å². The summed E-state index contributed by atoms with van der Waals surface area (Å²) in [4.78, 5) is 20.5. The first kappa shape index (κ1) is 23.8. The summed E-state index contributed by atoms with van der Waals surface area (Å²) < 4.78 is 25.8. The zero-order valence-electron chi connectivity index (χ0n) is 18.6. The third kappa shape index (κ3) is 5.90. The minimum atomic E-state index is -3.10. The van der Waals surface area contributed by atoms with E-state index in [9.17, 15) is 14.3 Å². The number of ether oxygens (including phenoxy) is 2. The lowest BCUT2D eigenvalue weighted by molar-refractivity contribution is 0.159. The van der Waals surface area contributed by atoms with E-state index in [0.717, 1.165) is 5.39 Å². The predicted octanol–water partition coefficient (Wildman–Crippen LogP) is 3.64. The molecule has 0 spiro atoms. The summed E-state index contributed by atoms with van der Waals surface area (Å²) >= 11 is 0. The summed E-state index contributed by atoms with van der Waals surface area (Å²) in [6, 6.07) is 12.4. The summed E-state index contributed by atoms with van der Waals surface area (Å²) in [5.74, 6) is 4.63. The van der Waals surface area contributed by atoms with Crippen molar-refractivity contribution in [3.05, 3.63) is 53.9 Å². The number of benzene rings is 2. The fraction of sp³-hybridized carbons (Fsp3) is 0.261. The Kier molecular flexibility index (Phi) is 7.35. The van der Waals surface area contributed by atoms with E-state index < -0.39 is 15.8 Å². The third-order valence-corrected chi connectivity index (χ3v) is 5.99. The van der Waals surface area contributed by atoms with Crippen molar-refractivity contribution in [1.82, 2.24) is 14.7 Å². The van der Waals surface area contributed by atoms with E-state index in [1.807, 2.05) is 13.8 Å². The van der Waals surface area contributed by atoms with Crippen LogP contribution in [0.5, 0.6) is 5.75 Å². The van der Waals surface area contributed by atoms with Crippen molar-refractivity contribution in [3.63, 3.8) is 0 Å². The number of nitrogens with zero attached hydrogens (tertiary/aromatic N) is 3. The van der Waals surface area contributed by atoms with Gasteiger partial charge in [0.05, 0.1) is 32.3 Å². The van der Waals surface area contributed by atoms with Crippen LogP contribution in [0.1, 0.15) is 31.9 Å². The Morgan fingerprint density at radius 2 is 2.06 bits per heavy atom. The van der Waals surface area contributed by atoms with E-state index in [0.29, 0.717) is 33.1 Å². The largest absolute Gasteiger partial charge is 0.487 e. The van der Waals surface area contributed by atoms with Gasteiger partial charge in [-0.15, -0.1) is 0 Å². The summed E-state index contributed by atoms with van der Waals surface area (Å²) in [5, 5.41) is 13.6. The van der Waals surface area contributed by atoms with Gasteiger partial charge in [0, 0.05) is 17.5 Å². The van der Waals surface area contributed by atoms with Crippen LogP contribution in [-0.2, 0) is 21.1 Å². The van der Waals surface area contributed by atoms with Gasteiger partial charge in [0.25, 0.3) is 0 Å². The number of anilines is 1. The lowest BCUT2D eigenvalue weighted by Crippen LogP contribution is -2.31. The van der Waals surface area contributed by atoms with Gasteiger partial charge >= 0.3 is 6.09 Å². The molecule has 0 bridgehead atoms. The molecular formula is C23H25N5O4S. The Morgan fingerprint density at radius 3 is 2.76 bits per heavy atom. The van der Waals surface area contributed by atoms with Crippen LogP contribution in [0.4, 0.5) is 10.6 Å². The normalized spacial score (nSPS) is 12.6. The molecule has 0 saturated carbocycles. The number of rotatable bonds is 8. The molecule has 10 heteroatoms. The van der Waals surface area contributed by atoms with Crippen LogP contribution in [0.25, 0.3) is 10.9 Å². The molecule has 2 aromatic carbocycles. The first-order valence-corrected chi connectivity index (χ1v) is 11.9. The molecule has 3 rings (SSSR count). The van der Waals surface area contributed by atoms with Gasteiger partial charge in [-0.2, -0.15) is 5.26 Å². The Bertz CT molecular complexity index is 1320. The van der Waals surface area contributed by atoms with Crippen molar-refractivity contribution in [3.8, 4) is 11.8 Å². The molecule has 33 heavy (non-hydrogen) atoms. The predicted molar refractivity (Wildman–Crippen MR) is 127 cm³/mol. The fourth-order valence-corrected chi connectivity index (χ4v) is 4.12. The number of carbonyl (C=O) groups excluding carboxylic acids is 1. The van der Waals surface area contributed by atoms with Gasteiger partial charge in [0.15, 0.2) is 0 Å². The van der Waals surface area contributed by atoms with Gasteiger partial charge in [-0.3, -0.25) is 0 Å². The molecule has 9 nitrogen and oxygen atoms in total. The van der Waals surface area contributed by atoms with Crippen LogP contribution in [0.2, 0.25) is 0 Å². The van der Waals surface area contributed by atoms with E-state index in [1.54, 1.807) is 43.3 Å². The second-order valence-electron chi connectivity index (χ2n) is 7.43. The minimum Gasteiger partial charge on any atom is -0.487 e. The molecule has 0 radical (unpaired) electrons. The van der Waals surface area contributed by atoms with Gasteiger partial charge in [-0.05, 0) is 50.4 Å². The smallest absolute Gasteiger partial charge is 0.418 e. The van der Waals surface area contributed by atoms with Gasteiger partial charge in [0.1, 0.15) is 30.6 Å². The molecule has 3 aromatic rings. The van der Waals surface area contributed by atoms with Crippen molar-refractivity contribution in [2.24, 2.45) is 0 Å². The number of nitriles is 1. The molecule has 1 amide bonds. The van der Waals surface area contributed by atoms with Crippen molar-refractivity contribution >= 4 is 38.4 Å². The topological polar surface area (TPSA) is 126 Å². The third-order valence-electron chi connectivity index (χ3n) is 4.48. The Balaban J connectivity index is 1.84. The summed E-state index contributed by atoms with van der Waals surface area (Å²) in [6.45, 7) is 5.90. The lowest BCUT2D eigenvalue weighted by atomic mass is 10.1. The molecular weight excluding hydrogens is 442 g/mol. The molecule has 0 saturated heterocycles. The molecule has 1 aromatic heterocycles. The molecule has 2 N–H and O–H groups in total. The van der Waals surface area contributed by atoms with E-state index in [-0.39, 0.29) is 19.3 Å². The van der Waals surface area contributed by atoms with E-state index in [1.165, 1.54) is 6.33 Å². The van der Waals surface area contributed by atoms with Crippen molar-refractivity contribution in [2.45, 2.75) is 38.3 Å². The molecule has 1 unspecified atom stereocenters. The number of nitrogens with one attached hydrogen (secondary N) is 2. The zero-order valence-corrected chi connectivity index (χ0v) is 19.4. The van der Waals surface area contributed by atoms with Crippen LogP contribution in [0, 0.1) is 11.3 Å². The molecule has 0 aliphatic heterocycles. The summed E-state index contributed by atoms with van der Waals surface area (Å²) in [5.41, 5.74) is 1.66. The standard InChI is InChI=1S/C23H25N5O4S/c1-5-31-23(29)28-33(4,30)18-8-6-7-16(9-18)13-32-21-11-20-19(10-17(21)12-24)22(26-14-25-20)27-15(2)3/h6-11,14-15H,4-5,13H2,1-3H3,(H,25,26,27)(H,28,29,30). The molecule has 172 valence electrons. The minimum absolute atomic E-state index is 0.102. The van der Waals surface area contributed by atoms with Crippen molar-refractivity contribution in [1.29, 1.82) is 5.26 Å². The quantitative estimate of drug-likeness (QED) is 0.481. The van der Waals surface area contributed by atoms with E-state index >= 15 is 0 Å². The number of hydrogen-bond donors (Lipinski definition) is 2. The van der Waals surface area contributed by atoms with Gasteiger partial charge < -0.3 is 14.8 Å². The maximum atomic E-state index is 12.8. The Morgan fingerprint density at radius 1 is 1.27 bits per heavy atom. The number of amides is 1. The lowest BCUT2D eigenvalue weighted by Gasteiger charge is -2.14. The van der Waals surface area contributed by atoms with Crippen molar-refractivity contribution in [2.75, 3.05) is 11.9 Å². The van der Waals surface area contributed by atoms with E-state index in [4.69, 9.17) is 9.47 Å². The average Bonchev–Trinajstić information content (AvgIpc) is 2.77. The summed E-state index contributed by atoms with van der Waals surface area (Å²) in [7, 11) is -3.10. The second kappa shape index (κ2) is 10.2. The fourth-order valence-electron chi connectivity index (χ4n) is 3.03. The van der Waals surface area contributed by atoms with Gasteiger partial charge in [-0.25, -0.2) is 23.7 Å². The SMILES string of the molecule is C=S(=O)(NC(=O)OCC)c1cccc(COc2cc3ncnc(NC(C)C)c3cc2C#N)c1. The first-order valence-electron chi connectivity index (χ1n) is 10.2. The highest BCUT2D eigenvalue weighted by molar-refractivity contribution is 7.99. The molecule has 0 aliphatic carbocycles. The molecule has 0 aliphatic rings.